The van der Waals surface area contributed by atoms with Gasteiger partial charge in [0, 0.05) is 25.2 Å². The van der Waals surface area contributed by atoms with Crippen LogP contribution in [-0.2, 0) is 0 Å². The molecular formula is C15H30N2O. The van der Waals surface area contributed by atoms with Crippen molar-refractivity contribution in [2.45, 2.75) is 63.6 Å². The molecule has 0 spiro atoms. The summed E-state index contributed by atoms with van der Waals surface area (Å²) in [6, 6.07) is 1.07. The van der Waals surface area contributed by atoms with E-state index in [-0.39, 0.29) is 6.10 Å². The summed E-state index contributed by atoms with van der Waals surface area (Å²) in [5.41, 5.74) is 0. The predicted molar refractivity (Wildman–Crippen MR) is 75.7 cm³/mol. The summed E-state index contributed by atoms with van der Waals surface area (Å²) < 4.78 is 0. The molecule has 2 aliphatic rings. The van der Waals surface area contributed by atoms with Crippen LogP contribution >= 0.6 is 0 Å². The van der Waals surface area contributed by atoms with E-state index >= 15 is 0 Å². The zero-order valence-electron chi connectivity index (χ0n) is 12.3. The van der Waals surface area contributed by atoms with Crippen LogP contribution in [0, 0.1) is 5.92 Å². The van der Waals surface area contributed by atoms with E-state index in [1.807, 2.05) is 0 Å². The molecule has 0 aromatic rings. The van der Waals surface area contributed by atoms with E-state index in [4.69, 9.17) is 0 Å². The van der Waals surface area contributed by atoms with Gasteiger partial charge in [-0.05, 0) is 32.9 Å². The largest absolute Gasteiger partial charge is 0.391 e. The Kier molecular flexibility index (Phi) is 5.05. The quantitative estimate of drug-likeness (QED) is 0.816. The fraction of sp³-hybridized carbons (Fsp3) is 1.00. The van der Waals surface area contributed by atoms with Gasteiger partial charge in [-0.2, -0.15) is 0 Å². The van der Waals surface area contributed by atoms with Crippen LogP contribution in [0.1, 0.15) is 45.4 Å². The summed E-state index contributed by atoms with van der Waals surface area (Å²) in [6.07, 6.45) is 7.25. The van der Waals surface area contributed by atoms with Crippen molar-refractivity contribution in [1.82, 2.24) is 9.80 Å². The molecule has 0 aromatic heterocycles. The molecule has 0 radical (unpaired) electrons. The summed E-state index contributed by atoms with van der Waals surface area (Å²) in [6.45, 7) is 4.64. The lowest BCUT2D eigenvalue weighted by atomic mass is 9.93. The van der Waals surface area contributed by atoms with Crippen LogP contribution in [0.4, 0.5) is 0 Å². The first-order valence-electron chi connectivity index (χ1n) is 7.68. The highest BCUT2D eigenvalue weighted by Gasteiger charge is 2.37. The number of hydrogen-bond acceptors (Lipinski definition) is 3. The number of nitrogens with zero attached hydrogens (tertiary/aromatic N) is 2. The van der Waals surface area contributed by atoms with Crippen molar-refractivity contribution in [2.24, 2.45) is 5.92 Å². The molecule has 1 heterocycles. The molecule has 1 aliphatic carbocycles. The Balaban J connectivity index is 1.97. The third-order valence-electron chi connectivity index (χ3n) is 4.93. The van der Waals surface area contributed by atoms with Crippen molar-refractivity contribution in [1.29, 1.82) is 0 Å². The minimum Gasteiger partial charge on any atom is -0.391 e. The van der Waals surface area contributed by atoms with Crippen molar-refractivity contribution in [2.75, 3.05) is 27.2 Å². The second kappa shape index (κ2) is 6.36. The number of hydrogen-bond donors (Lipinski definition) is 1. The minimum atomic E-state index is -0.0987. The van der Waals surface area contributed by atoms with Crippen LogP contribution in [-0.4, -0.2) is 60.3 Å². The van der Waals surface area contributed by atoms with Crippen molar-refractivity contribution >= 4 is 0 Å². The van der Waals surface area contributed by atoms with E-state index in [9.17, 15) is 5.11 Å². The van der Waals surface area contributed by atoms with Gasteiger partial charge in [0.05, 0.1) is 6.10 Å². The molecule has 4 unspecified atom stereocenters. The Morgan fingerprint density at radius 1 is 1.00 bits per heavy atom. The molecule has 0 aromatic carbocycles. The van der Waals surface area contributed by atoms with Gasteiger partial charge in [0.25, 0.3) is 0 Å². The highest BCUT2D eigenvalue weighted by atomic mass is 16.3. The minimum absolute atomic E-state index is 0.0987. The molecule has 3 nitrogen and oxygen atoms in total. The van der Waals surface area contributed by atoms with Crippen LogP contribution in [0.15, 0.2) is 0 Å². The van der Waals surface area contributed by atoms with Gasteiger partial charge in [0.2, 0.25) is 0 Å². The summed E-state index contributed by atoms with van der Waals surface area (Å²) in [7, 11) is 4.36. The number of likely N-dealkylation sites (tertiary alicyclic amines) is 1. The smallest absolute Gasteiger partial charge is 0.0695 e. The normalized spacial score (nSPS) is 39.8. The highest BCUT2D eigenvalue weighted by Crippen LogP contribution is 2.28. The van der Waals surface area contributed by atoms with E-state index in [0.717, 1.165) is 25.4 Å². The lowest BCUT2D eigenvalue weighted by Crippen LogP contribution is -2.44. The topological polar surface area (TPSA) is 26.7 Å². The van der Waals surface area contributed by atoms with E-state index in [1.165, 1.54) is 32.1 Å². The molecule has 1 aliphatic heterocycles. The molecule has 1 saturated heterocycles. The molecule has 0 bridgehead atoms. The van der Waals surface area contributed by atoms with Gasteiger partial charge >= 0.3 is 0 Å². The zero-order chi connectivity index (χ0) is 13.1. The molecule has 18 heavy (non-hydrogen) atoms. The monoisotopic (exact) mass is 254 g/mol. The lowest BCUT2D eigenvalue weighted by molar-refractivity contribution is 0.0396. The number of rotatable bonds is 2. The van der Waals surface area contributed by atoms with Gasteiger partial charge in [-0.25, -0.2) is 0 Å². The molecular weight excluding hydrogens is 224 g/mol. The van der Waals surface area contributed by atoms with E-state index < -0.39 is 0 Å². The van der Waals surface area contributed by atoms with Gasteiger partial charge in [-0.3, -0.25) is 4.90 Å². The van der Waals surface area contributed by atoms with Crippen LogP contribution in [0.5, 0.6) is 0 Å². The first-order valence-corrected chi connectivity index (χ1v) is 7.68. The SMILES string of the molecule is CC1CN(C2CCCCCCC2O)CC1N(C)C. The summed E-state index contributed by atoms with van der Waals surface area (Å²) in [5, 5.41) is 10.4. The van der Waals surface area contributed by atoms with E-state index in [0.29, 0.717) is 12.1 Å². The number of aliphatic hydroxyl groups excluding tert-OH is 1. The predicted octanol–water partition coefficient (Wildman–Crippen LogP) is 1.95. The Morgan fingerprint density at radius 2 is 1.67 bits per heavy atom. The average Bonchev–Trinajstić information content (AvgIpc) is 2.66. The second-order valence-electron chi connectivity index (χ2n) is 6.59. The van der Waals surface area contributed by atoms with Crippen LogP contribution in [0.25, 0.3) is 0 Å². The van der Waals surface area contributed by atoms with Gasteiger partial charge in [0.1, 0.15) is 0 Å². The Morgan fingerprint density at radius 3 is 2.28 bits per heavy atom. The molecule has 1 saturated carbocycles. The fourth-order valence-electron chi connectivity index (χ4n) is 3.80. The summed E-state index contributed by atoms with van der Waals surface area (Å²) in [4.78, 5) is 4.91. The van der Waals surface area contributed by atoms with E-state index in [2.05, 4.69) is 30.8 Å². The van der Waals surface area contributed by atoms with Gasteiger partial charge in [-0.15, -0.1) is 0 Å². The van der Waals surface area contributed by atoms with Crippen molar-refractivity contribution in [3.8, 4) is 0 Å². The third kappa shape index (κ3) is 3.25. The molecule has 106 valence electrons. The van der Waals surface area contributed by atoms with E-state index in [1.54, 1.807) is 0 Å². The van der Waals surface area contributed by atoms with Crippen molar-refractivity contribution in [3.63, 3.8) is 0 Å². The van der Waals surface area contributed by atoms with Crippen molar-refractivity contribution in [3.05, 3.63) is 0 Å². The maximum absolute atomic E-state index is 10.4. The fourth-order valence-corrected chi connectivity index (χ4v) is 3.80. The molecule has 2 fully saturated rings. The molecule has 2 rings (SSSR count). The highest BCUT2D eigenvalue weighted by molar-refractivity contribution is 4.92. The third-order valence-corrected chi connectivity index (χ3v) is 4.93. The van der Waals surface area contributed by atoms with Crippen molar-refractivity contribution < 1.29 is 5.11 Å². The standard InChI is InChI=1S/C15H30N2O/c1-12-10-17(11-14(12)16(2)3)13-8-6-4-5-7-9-15(13)18/h12-15,18H,4-11H2,1-3H3. The lowest BCUT2D eigenvalue weighted by Gasteiger charge is -2.33. The first-order chi connectivity index (χ1) is 8.59. The molecule has 1 N–H and O–H groups in total. The second-order valence-corrected chi connectivity index (χ2v) is 6.59. The molecule has 0 amide bonds. The number of aliphatic hydroxyl groups is 1. The average molecular weight is 254 g/mol. The zero-order valence-corrected chi connectivity index (χ0v) is 12.3. The number of likely N-dealkylation sites (N-methyl/N-ethyl adjacent to an activating group) is 1. The summed E-state index contributed by atoms with van der Waals surface area (Å²) in [5.74, 6) is 0.720. The van der Waals surface area contributed by atoms with Gasteiger partial charge < -0.3 is 10.0 Å². The maximum Gasteiger partial charge on any atom is 0.0695 e. The Hall–Kier alpha value is -0.120. The van der Waals surface area contributed by atoms with Gasteiger partial charge in [0.15, 0.2) is 0 Å². The van der Waals surface area contributed by atoms with Crippen LogP contribution < -0.4 is 0 Å². The van der Waals surface area contributed by atoms with Gasteiger partial charge in [-0.1, -0.05) is 32.6 Å². The molecule has 3 heteroatoms. The van der Waals surface area contributed by atoms with Crippen LogP contribution in [0.2, 0.25) is 0 Å². The van der Waals surface area contributed by atoms with Crippen LogP contribution in [0.3, 0.4) is 0 Å². The Bertz CT molecular complexity index is 257. The maximum atomic E-state index is 10.4. The summed E-state index contributed by atoms with van der Waals surface area (Å²) >= 11 is 0. The first kappa shape index (κ1) is 14.3. The molecule has 4 atom stereocenters. The Labute approximate surface area is 112 Å².